The van der Waals surface area contributed by atoms with E-state index in [0.717, 1.165) is 16.0 Å². The maximum absolute atomic E-state index is 14.5. The van der Waals surface area contributed by atoms with Gasteiger partial charge in [0.05, 0.1) is 21.0 Å². The molecule has 0 aliphatic rings. The van der Waals surface area contributed by atoms with E-state index in [-0.39, 0.29) is 57.4 Å². The number of carboxylic acids is 1. The zero-order valence-corrected chi connectivity index (χ0v) is 32.6. The second-order valence-electron chi connectivity index (χ2n) is 12.7. The highest BCUT2D eigenvalue weighted by molar-refractivity contribution is 8.10. The predicted octanol–water partition coefficient (Wildman–Crippen LogP) is 6.67. The van der Waals surface area contributed by atoms with Gasteiger partial charge in [-0.3, -0.25) is 9.69 Å². The number of nitrogens with two attached hydrogens (primary N) is 1. The highest BCUT2D eigenvalue weighted by Crippen LogP contribution is 2.34. The number of carboxylic acid groups (broad SMARTS) is 1. The normalized spacial score (nSPS) is 12.0. The lowest BCUT2D eigenvalue weighted by atomic mass is 10.0. The summed E-state index contributed by atoms with van der Waals surface area (Å²) in [4.78, 5) is 37.5. The van der Waals surface area contributed by atoms with Crippen LogP contribution in [0.1, 0.15) is 16.7 Å². The van der Waals surface area contributed by atoms with Crippen LogP contribution >= 0.6 is 12.4 Å². The van der Waals surface area contributed by atoms with Crippen molar-refractivity contribution in [3.05, 3.63) is 148 Å². The third-order valence-electron chi connectivity index (χ3n) is 8.81. The van der Waals surface area contributed by atoms with Gasteiger partial charge >= 0.3 is 17.7 Å². The summed E-state index contributed by atoms with van der Waals surface area (Å²) in [6.45, 7) is 3.59. The lowest BCUT2D eigenvalue weighted by Gasteiger charge is -2.25. The summed E-state index contributed by atoms with van der Waals surface area (Å²) in [5, 5.41) is 9.32. The van der Waals surface area contributed by atoms with Crippen LogP contribution in [0.4, 0.5) is 16.2 Å². The van der Waals surface area contributed by atoms with Gasteiger partial charge in [-0.05, 0) is 110 Å². The van der Waals surface area contributed by atoms with Gasteiger partial charge in [-0.25, -0.2) is 26.4 Å². The van der Waals surface area contributed by atoms with Gasteiger partial charge in [-0.2, -0.15) is 3.71 Å². The average Bonchev–Trinajstić information content (AvgIpc) is 3.15. The number of carbonyl (C=O) groups excluding carboxylic acids is 1. The third-order valence-corrected chi connectivity index (χ3v) is 13.0. The van der Waals surface area contributed by atoms with Gasteiger partial charge in [0.1, 0.15) is 17.4 Å². The van der Waals surface area contributed by atoms with Crippen molar-refractivity contribution >= 4 is 66.9 Å². The number of aryl methyl sites for hydroxylation is 2. The van der Waals surface area contributed by atoms with Crippen LogP contribution in [0, 0.1) is 13.8 Å². The second kappa shape index (κ2) is 16.4. The number of anilines is 2. The smallest absolute Gasteiger partial charge is 0.419 e. The van der Waals surface area contributed by atoms with Gasteiger partial charge in [0, 0.05) is 18.1 Å². The number of nitrogens with zero attached hydrogens (tertiary/aromatic N) is 2. The molecule has 0 bridgehead atoms. The number of benzene rings is 5. The number of amides is 1. The quantitative estimate of drug-likeness (QED) is 0.133. The molecule has 290 valence electrons. The van der Waals surface area contributed by atoms with Crippen molar-refractivity contribution in [2.75, 3.05) is 15.7 Å². The molecule has 0 aliphatic carbocycles. The molecule has 0 fully saturated rings. The number of sulfonamides is 2. The number of hydrogen-bond donors (Lipinski definition) is 2. The first kappa shape index (κ1) is 41.2. The third kappa shape index (κ3) is 8.45. The molecule has 1 amide bonds. The molecule has 6 rings (SSSR count). The molecule has 0 saturated heterocycles. The number of aliphatic carboxylic acids is 1. The van der Waals surface area contributed by atoms with Gasteiger partial charge in [0.15, 0.2) is 0 Å². The fraction of sp³-hybridized carbons (Fsp3) is 0.125. The monoisotopic (exact) mass is 817 g/mol. The number of carbonyl (C=O) groups is 2. The summed E-state index contributed by atoms with van der Waals surface area (Å²) in [7, 11) is -8.25. The van der Waals surface area contributed by atoms with E-state index in [9.17, 15) is 31.2 Å². The second-order valence-corrected chi connectivity index (χ2v) is 16.5. The molecule has 1 heterocycles. The Morgan fingerprint density at radius 3 is 1.93 bits per heavy atom. The number of hydrogen-bond acceptors (Lipinski definition) is 10. The minimum Gasteiger partial charge on any atom is -0.480 e. The lowest BCUT2D eigenvalue weighted by molar-refractivity contribution is -0.138. The van der Waals surface area contributed by atoms with E-state index in [0.29, 0.717) is 14.8 Å². The molecule has 13 nitrogen and oxygen atoms in total. The van der Waals surface area contributed by atoms with Crippen LogP contribution in [0.2, 0.25) is 0 Å². The van der Waals surface area contributed by atoms with E-state index in [1.165, 1.54) is 79.8 Å². The summed E-state index contributed by atoms with van der Waals surface area (Å²) < 4.78 is 68.8. The maximum atomic E-state index is 14.5. The van der Waals surface area contributed by atoms with Crippen LogP contribution in [-0.2, 0) is 31.3 Å². The summed E-state index contributed by atoms with van der Waals surface area (Å²) in [6, 6.07) is 28.3. The Bertz CT molecular complexity index is 2700. The van der Waals surface area contributed by atoms with Gasteiger partial charge in [0.25, 0.3) is 20.0 Å². The number of fused-ring (bicyclic) bond motifs is 1. The van der Waals surface area contributed by atoms with E-state index in [2.05, 4.69) is 0 Å². The highest BCUT2D eigenvalue weighted by atomic mass is 35.5. The molecule has 56 heavy (non-hydrogen) atoms. The summed E-state index contributed by atoms with van der Waals surface area (Å²) in [5.74, 6) is -0.976. The van der Waals surface area contributed by atoms with E-state index in [4.69, 9.17) is 20.0 Å². The Labute approximate surface area is 329 Å². The Balaban J connectivity index is 0.00000600. The molecular weight excluding hydrogens is 782 g/mol. The summed E-state index contributed by atoms with van der Waals surface area (Å²) >= 11 is 0. The van der Waals surface area contributed by atoms with Gasteiger partial charge in [-0.15, -0.1) is 12.4 Å². The Morgan fingerprint density at radius 2 is 1.34 bits per heavy atom. The molecule has 0 aliphatic heterocycles. The van der Waals surface area contributed by atoms with Crippen molar-refractivity contribution in [2.24, 2.45) is 5.73 Å². The van der Waals surface area contributed by atoms with Crippen LogP contribution in [0.3, 0.4) is 0 Å². The molecule has 0 radical (unpaired) electrons. The van der Waals surface area contributed by atoms with Gasteiger partial charge in [0.2, 0.25) is 0 Å². The largest absolute Gasteiger partial charge is 0.480 e. The van der Waals surface area contributed by atoms with E-state index < -0.39 is 48.7 Å². The Hall–Kier alpha value is -6.00. The zero-order valence-electron chi connectivity index (χ0n) is 30.1. The molecule has 0 spiro atoms. The zero-order chi connectivity index (χ0) is 39.7. The topological polar surface area (TPSA) is 195 Å². The summed E-state index contributed by atoms with van der Waals surface area (Å²) in [5.41, 5.74) is 8.08. The van der Waals surface area contributed by atoms with Gasteiger partial charge in [-0.1, -0.05) is 54.1 Å². The molecule has 0 saturated carbocycles. The van der Waals surface area contributed by atoms with Crippen LogP contribution in [0.5, 0.6) is 5.75 Å². The predicted molar refractivity (Wildman–Crippen MR) is 215 cm³/mol. The number of rotatable bonds is 11. The van der Waals surface area contributed by atoms with Crippen LogP contribution in [0.15, 0.2) is 140 Å². The average molecular weight is 818 g/mol. The molecule has 3 N–H and O–H groups in total. The first-order chi connectivity index (χ1) is 26.1. The number of ether oxygens (including phenoxy) is 1. The molecule has 16 heteroatoms. The van der Waals surface area contributed by atoms with Crippen molar-refractivity contribution in [3.63, 3.8) is 0 Å². The number of halogens is 1. The van der Waals surface area contributed by atoms with E-state index in [1.54, 1.807) is 43.3 Å². The molecular formula is C40H36ClN3O10S2. The van der Waals surface area contributed by atoms with Crippen LogP contribution in [-0.4, -0.2) is 47.1 Å². The molecule has 0 unspecified atom stereocenters. The van der Waals surface area contributed by atoms with Crippen molar-refractivity contribution in [2.45, 2.75) is 36.1 Å². The molecule has 1 atom stereocenters. The summed E-state index contributed by atoms with van der Waals surface area (Å²) in [6.07, 6.45) is -0.738. The first-order valence-electron chi connectivity index (χ1n) is 16.7. The van der Waals surface area contributed by atoms with Crippen LogP contribution in [0.25, 0.3) is 22.1 Å². The molecule has 1 aromatic heterocycles. The van der Waals surface area contributed by atoms with E-state index in [1.807, 2.05) is 19.1 Å². The fourth-order valence-electron chi connectivity index (χ4n) is 5.75. The minimum atomic E-state index is -4.87. The minimum absolute atomic E-state index is 0. The van der Waals surface area contributed by atoms with Crippen molar-refractivity contribution in [1.82, 2.24) is 0 Å². The maximum Gasteiger partial charge on any atom is 0.419 e. The lowest BCUT2D eigenvalue weighted by Crippen LogP contribution is -2.37. The Morgan fingerprint density at radius 1 is 0.768 bits per heavy atom. The van der Waals surface area contributed by atoms with Crippen LogP contribution < -0.4 is 24.7 Å². The van der Waals surface area contributed by atoms with Gasteiger partial charge < -0.3 is 20.0 Å². The SMILES string of the molecule is Cc1ccc(S(=O)(=O)N(c2ccc3oc(=O)c(-c4ccccc4C)cc3c2)S(=O)(=O)c2ccc(N(C)C(=O)Oc3ccc(C[C@H](N)C(=O)O)cc3)cc2)cc1.Cl. The van der Waals surface area contributed by atoms with Crippen molar-refractivity contribution in [1.29, 1.82) is 0 Å². The van der Waals surface area contributed by atoms with Crippen molar-refractivity contribution in [3.8, 4) is 16.9 Å². The molecule has 6 aromatic rings. The first-order valence-corrected chi connectivity index (χ1v) is 19.6. The standard InChI is InChI=1S/C40H35N3O10S2.ClH/c1-25-8-17-32(18-9-25)54(48,49)43(30-14-21-37-28(23-30)24-35(39(46)53-37)34-7-5-4-6-26(34)2)55(50,51)33-19-12-29(13-20-33)42(3)40(47)52-31-15-10-27(11-16-31)22-36(41)38(44)45;/h4-21,23-24,36H,22,41H2,1-3H3,(H,44,45);1H/t36-;/m0./s1. The van der Waals surface area contributed by atoms with E-state index >= 15 is 0 Å². The highest BCUT2D eigenvalue weighted by Gasteiger charge is 2.37. The van der Waals surface area contributed by atoms with Crippen molar-refractivity contribution < 1.29 is 40.7 Å². The Kier molecular flexibility index (Phi) is 12.0. The molecule has 5 aromatic carbocycles. The fourth-order valence-corrected chi connectivity index (χ4v) is 9.42.